The molecule has 42 heavy (non-hydrogen) atoms. The van der Waals surface area contributed by atoms with E-state index in [2.05, 4.69) is 25.3 Å². The summed E-state index contributed by atoms with van der Waals surface area (Å²) in [6.07, 6.45) is -0.0360. The number of anilines is 2. The van der Waals surface area contributed by atoms with E-state index in [1.165, 1.54) is 18.1 Å². The quantitative estimate of drug-likeness (QED) is 0.211. The van der Waals surface area contributed by atoms with Gasteiger partial charge in [0, 0.05) is 30.6 Å². The summed E-state index contributed by atoms with van der Waals surface area (Å²) in [4.78, 5) is 46.7. The molecule has 1 aromatic heterocycles. The van der Waals surface area contributed by atoms with Crippen molar-refractivity contribution in [3.63, 3.8) is 0 Å². The summed E-state index contributed by atoms with van der Waals surface area (Å²) in [5.41, 5.74) is 0.609. The number of hydrogen-bond acceptors (Lipinski definition) is 6. The SMILES string of the molecule is [2H][C@]1(c2c(F)ccc(Cl)c2F)CCN([C@H]2C/C=C/CCC(=O)Nc3cc(NC(=O)OC)ccc3-c3nc2[nH]c3Cl)C(=O)O1. The van der Waals surface area contributed by atoms with Gasteiger partial charge in [-0.3, -0.25) is 15.0 Å². The first kappa shape index (κ1) is 28.0. The van der Waals surface area contributed by atoms with Crippen molar-refractivity contribution in [1.29, 1.82) is 0 Å². The molecule has 2 bridgehead atoms. The molecule has 1 fully saturated rings. The number of benzene rings is 2. The van der Waals surface area contributed by atoms with Gasteiger partial charge in [-0.15, -0.1) is 0 Å². The van der Waals surface area contributed by atoms with Crippen LogP contribution in [0.5, 0.6) is 0 Å². The van der Waals surface area contributed by atoms with Gasteiger partial charge in [0.25, 0.3) is 0 Å². The van der Waals surface area contributed by atoms with Crippen molar-refractivity contribution in [3.05, 3.63) is 75.7 Å². The van der Waals surface area contributed by atoms with Crippen molar-refractivity contribution >= 4 is 52.7 Å². The van der Waals surface area contributed by atoms with Crippen LogP contribution in [0.2, 0.25) is 10.2 Å². The molecule has 2 aliphatic heterocycles. The number of allylic oxidation sites excluding steroid dienone is 1. The molecule has 0 spiro atoms. The summed E-state index contributed by atoms with van der Waals surface area (Å²) < 4.78 is 48.0. The van der Waals surface area contributed by atoms with E-state index in [1.807, 2.05) is 0 Å². The van der Waals surface area contributed by atoms with Crippen LogP contribution in [0.25, 0.3) is 11.3 Å². The first-order valence-corrected chi connectivity index (χ1v) is 13.6. The van der Waals surface area contributed by atoms with Gasteiger partial charge in [0.05, 0.1) is 30.8 Å². The van der Waals surface area contributed by atoms with Crippen LogP contribution in [0.1, 0.15) is 50.6 Å². The van der Waals surface area contributed by atoms with E-state index >= 15 is 0 Å². The number of methoxy groups -OCH3 is 1. The molecule has 2 aromatic carbocycles. The average Bonchev–Trinajstić information content (AvgIpc) is 3.34. The first-order valence-electron chi connectivity index (χ1n) is 13.3. The highest BCUT2D eigenvalue weighted by Gasteiger charge is 2.37. The minimum absolute atomic E-state index is 0.105. The van der Waals surface area contributed by atoms with Crippen molar-refractivity contribution in [2.45, 2.75) is 37.8 Å². The van der Waals surface area contributed by atoms with E-state index < -0.39 is 46.5 Å². The summed E-state index contributed by atoms with van der Waals surface area (Å²) in [5.74, 6) is -2.25. The maximum atomic E-state index is 14.8. The fourth-order valence-electron chi connectivity index (χ4n) is 4.73. The Hall–Kier alpha value is -4.16. The second-order valence-electron chi connectivity index (χ2n) is 9.42. The van der Waals surface area contributed by atoms with Crippen LogP contribution in [-0.2, 0) is 14.3 Å². The maximum Gasteiger partial charge on any atom is 0.411 e. The van der Waals surface area contributed by atoms with Crippen LogP contribution in [0.15, 0.2) is 42.5 Å². The Kier molecular flexibility index (Phi) is 8.24. The fourth-order valence-corrected chi connectivity index (χ4v) is 5.13. The third kappa shape index (κ3) is 6.04. The van der Waals surface area contributed by atoms with Crippen LogP contribution in [0.4, 0.5) is 29.7 Å². The molecule has 220 valence electrons. The van der Waals surface area contributed by atoms with Gasteiger partial charge in [-0.25, -0.2) is 23.4 Å². The summed E-state index contributed by atoms with van der Waals surface area (Å²) in [6.45, 7) is -0.112. The number of nitrogens with zero attached hydrogens (tertiary/aromatic N) is 2. The molecule has 3 N–H and O–H groups in total. The Bertz CT molecular complexity index is 1640. The minimum atomic E-state index is -2.35. The molecule has 3 amide bonds. The lowest BCUT2D eigenvalue weighted by Gasteiger charge is -2.36. The van der Waals surface area contributed by atoms with Gasteiger partial charge in [-0.05, 0) is 43.2 Å². The number of aromatic nitrogens is 2. The monoisotopic (exact) mass is 620 g/mol. The standard InChI is InChI=1S/C28H25Cl2F2N5O5/c1-41-27(39)33-14-7-8-15-18(13-14)34-21(38)6-4-2-3-5-19(26-35-24(15)25(30)36-26)37-12-11-20(42-28(37)40)22-17(31)10-9-16(29)23(22)32/h2-3,7-10,13,19-20H,4-6,11-12H2,1H3,(H,33,39)(H,34,38)(H,35,36)/b3-2+/t19-,20+/m0/s1/i20D. The average molecular weight is 621 g/mol. The van der Waals surface area contributed by atoms with Crippen LogP contribution < -0.4 is 10.6 Å². The van der Waals surface area contributed by atoms with Crippen molar-refractivity contribution in [1.82, 2.24) is 14.9 Å². The number of cyclic esters (lactones) is 1. The number of rotatable bonds is 3. The van der Waals surface area contributed by atoms with Crippen LogP contribution in [0.3, 0.4) is 0 Å². The Balaban J connectivity index is 1.50. The molecular formula is C28H25Cl2F2N5O5. The smallest absolute Gasteiger partial charge is 0.411 e. The Morgan fingerprint density at radius 1 is 1.24 bits per heavy atom. The molecule has 0 radical (unpaired) electrons. The predicted octanol–water partition coefficient (Wildman–Crippen LogP) is 7.14. The predicted molar refractivity (Wildman–Crippen MR) is 151 cm³/mol. The van der Waals surface area contributed by atoms with Gasteiger partial charge in [0.2, 0.25) is 5.91 Å². The van der Waals surface area contributed by atoms with E-state index in [1.54, 1.807) is 24.3 Å². The number of carbonyl (C=O) groups is 3. The number of aromatic amines is 1. The van der Waals surface area contributed by atoms with E-state index in [0.717, 1.165) is 12.1 Å². The van der Waals surface area contributed by atoms with E-state index in [4.69, 9.17) is 29.3 Å². The summed E-state index contributed by atoms with van der Waals surface area (Å²) in [7, 11) is 1.22. The number of fused-ring (bicyclic) bond motifs is 4. The topological polar surface area (TPSA) is 126 Å². The summed E-state index contributed by atoms with van der Waals surface area (Å²) >= 11 is 12.4. The van der Waals surface area contributed by atoms with Crippen molar-refractivity contribution in [2.24, 2.45) is 0 Å². The molecule has 0 unspecified atom stereocenters. The third-order valence-electron chi connectivity index (χ3n) is 6.76. The molecule has 3 aromatic rings. The number of carbonyl (C=O) groups excluding carboxylic acids is 3. The van der Waals surface area contributed by atoms with Gasteiger partial charge < -0.3 is 19.8 Å². The van der Waals surface area contributed by atoms with E-state index in [0.29, 0.717) is 23.4 Å². The van der Waals surface area contributed by atoms with Gasteiger partial charge in [0.1, 0.15) is 28.6 Å². The number of nitrogens with one attached hydrogen (secondary N) is 3. The zero-order chi connectivity index (χ0) is 30.9. The Morgan fingerprint density at radius 2 is 2.05 bits per heavy atom. The van der Waals surface area contributed by atoms with Gasteiger partial charge >= 0.3 is 12.2 Å². The van der Waals surface area contributed by atoms with Crippen LogP contribution in [0, 0.1) is 11.6 Å². The lowest BCUT2D eigenvalue weighted by Crippen LogP contribution is -2.42. The van der Waals surface area contributed by atoms with Crippen LogP contribution >= 0.6 is 23.2 Å². The highest BCUT2D eigenvalue weighted by Crippen LogP contribution is 2.39. The second kappa shape index (κ2) is 12.4. The van der Waals surface area contributed by atoms with Crippen molar-refractivity contribution in [3.8, 4) is 11.3 Å². The number of ether oxygens (including phenoxy) is 2. The zero-order valence-corrected chi connectivity index (χ0v) is 23.6. The molecule has 3 heterocycles. The third-order valence-corrected chi connectivity index (χ3v) is 7.33. The largest absolute Gasteiger partial charge is 0.453 e. The molecule has 2 atom stereocenters. The van der Waals surface area contributed by atoms with Crippen molar-refractivity contribution in [2.75, 3.05) is 24.3 Å². The summed E-state index contributed by atoms with van der Waals surface area (Å²) in [5, 5.41) is 5.06. The molecular weight excluding hydrogens is 595 g/mol. The van der Waals surface area contributed by atoms with E-state index in [9.17, 15) is 23.2 Å². The first-order chi connectivity index (χ1) is 20.5. The Labute approximate surface area is 250 Å². The molecule has 14 heteroatoms. The second-order valence-corrected chi connectivity index (χ2v) is 10.2. The number of imidazole rings is 1. The fraction of sp³-hybridized carbons (Fsp3) is 0.286. The molecule has 10 nitrogen and oxygen atoms in total. The van der Waals surface area contributed by atoms with Gasteiger partial charge in [0.15, 0.2) is 5.82 Å². The molecule has 0 saturated carbocycles. The number of amides is 3. The molecule has 0 aliphatic carbocycles. The molecule has 1 saturated heterocycles. The minimum Gasteiger partial charge on any atom is -0.453 e. The lowest BCUT2D eigenvalue weighted by atomic mass is 10.0. The van der Waals surface area contributed by atoms with E-state index in [-0.39, 0.29) is 48.4 Å². The highest BCUT2D eigenvalue weighted by atomic mass is 35.5. The normalized spacial score (nSPS) is 21.9. The van der Waals surface area contributed by atoms with Crippen molar-refractivity contribution < 1.29 is 34.0 Å². The number of H-pyrrole nitrogens is 1. The van der Waals surface area contributed by atoms with Gasteiger partial charge in [-0.1, -0.05) is 35.4 Å². The maximum absolute atomic E-state index is 14.8. The highest BCUT2D eigenvalue weighted by molar-refractivity contribution is 6.32. The molecule has 5 rings (SSSR count). The summed E-state index contributed by atoms with van der Waals surface area (Å²) in [6, 6.07) is 5.87. The zero-order valence-electron chi connectivity index (χ0n) is 23.1. The number of hydrogen-bond donors (Lipinski definition) is 3. The Morgan fingerprint density at radius 3 is 2.81 bits per heavy atom. The molecule has 2 aliphatic rings. The number of halogens is 4. The lowest BCUT2D eigenvalue weighted by molar-refractivity contribution is -0.116. The van der Waals surface area contributed by atoms with Gasteiger partial charge in [-0.2, -0.15) is 0 Å². The van der Waals surface area contributed by atoms with Crippen LogP contribution in [-0.4, -0.2) is 46.6 Å².